The molecular formula is C24H24N4O3S. The van der Waals surface area contributed by atoms with Crippen LogP contribution < -0.4 is 10.0 Å². The summed E-state index contributed by atoms with van der Waals surface area (Å²) in [6.07, 6.45) is 1.63. The van der Waals surface area contributed by atoms with E-state index in [1.165, 1.54) is 24.3 Å². The summed E-state index contributed by atoms with van der Waals surface area (Å²) in [5, 5.41) is 3.07. The summed E-state index contributed by atoms with van der Waals surface area (Å²) in [6.45, 7) is 3.51. The highest BCUT2D eigenvalue weighted by molar-refractivity contribution is 7.89. The molecule has 0 aliphatic rings. The molecule has 0 spiro atoms. The average molecular weight is 449 g/mol. The number of carbonyl (C=O) groups is 1. The molecule has 3 aromatic carbocycles. The first-order valence-corrected chi connectivity index (χ1v) is 11.7. The fourth-order valence-corrected chi connectivity index (χ4v) is 4.77. The number of hydrogen-bond acceptors (Lipinski definition) is 4. The molecule has 7 nitrogen and oxygen atoms in total. The molecule has 164 valence electrons. The molecule has 0 aliphatic carbocycles. The monoisotopic (exact) mass is 448 g/mol. The van der Waals surface area contributed by atoms with Crippen LogP contribution in [0.2, 0.25) is 0 Å². The minimum atomic E-state index is -3.62. The number of nitrogens with one attached hydrogen (secondary N) is 3. The van der Waals surface area contributed by atoms with E-state index < -0.39 is 10.0 Å². The SMILES string of the molecule is CC(C)NS(=O)(=O)c1ccc(C(=O)NC(c2ccccc2)c2ccc3nc[nH]c3c2)cc1. The molecule has 0 bridgehead atoms. The van der Waals surface area contributed by atoms with Gasteiger partial charge in [0.2, 0.25) is 10.0 Å². The number of aromatic nitrogens is 2. The Kier molecular flexibility index (Phi) is 6.07. The van der Waals surface area contributed by atoms with E-state index in [9.17, 15) is 13.2 Å². The van der Waals surface area contributed by atoms with Crippen molar-refractivity contribution in [1.82, 2.24) is 20.0 Å². The summed E-state index contributed by atoms with van der Waals surface area (Å²) >= 11 is 0. The van der Waals surface area contributed by atoms with Gasteiger partial charge >= 0.3 is 0 Å². The van der Waals surface area contributed by atoms with Crippen molar-refractivity contribution in [3.05, 3.63) is 95.8 Å². The van der Waals surface area contributed by atoms with Crippen molar-refractivity contribution in [2.45, 2.75) is 30.8 Å². The number of carbonyl (C=O) groups excluding carboxylic acids is 1. The number of aromatic amines is 1. The van der Waals surface area contributed by atoms with Gasteiger partial charge in [0.05, 0.1) is 28.3 Å². The second kappa shape index (κ2) is 8.94. The van der Waals surface area contributed by atoms with Crippen molar-refractivity contribution < 1.29 is 13.2 Å². The maximum absolute atomic E-state index is 13.1. The van der Waals surface area contributed by atoms with Gasteiger partial charge in [-0.3, -0.25) is 4.79 Å². The van der Waals surface area contributed by atoms with Crippen LogP contribution in [0.5, 0.6) is 0 Å². The molecule has 0 saturated carbocycles. The number of sulfonamides is 1. The van der Waals surface area contributed by atoms with Crippen LogP contribution in [0.1, 0.15) is 41.4 Å². The average Bonchev–Trinajstić information content (AvgIpc) is 3.25. The van der Waals surface area contributed by atoms with Crippen molar-refractivity contribution in [1.29, 1.82) is 0 Å². The Bertz CT molecular complexity index is 1330. The van der Waals surface area contributed by atoms with Crippen molar-refractivity contribution in [3.8, 4) is 0 Å². The molecule has 3 N–H and O–H groups in total. The molecule has 1 atom stereocenters. The van der Waals surface area contributed by atoms with Crippen molar-refractivity contribution in [2.24, 2.45) is 0 Å². The van der Waals surface area contributed by atoms with E-state index in [0.717, 1.165) is 22.2 Å². The van der Waals surface area contributed by atoms with Crippen molar-refractivity contribution in [3.63, 3.8) is 0 Å². The number of hydrogen-bond donors (Lipinski definition) is 3. The molecule has 1 amide bonds. The van der Waals surface area contributed by atoms with Crippen molar-refractivity contribution >= 4 is 27.0 Å². The first-order chi connectivity index (χ1) is 15.3. The minimum absolute atomic E-state index is 0.118. The topological polar surface area (TPSA) is 104 Å². The van der Waals surface area contributed by atoms with Crippen LogP contribution in [0.15, 0.2) is 84.0 Å². The number of benzene rings is 3. The highest BCUT2D eigenvalue weighted by atomic mass is 32.2. The van der Waals surface area contributed by atoms with Gasteiger partial charge in [0.1, 0.15) is 0 Å². The maximum atomic E-state index is 13.1. The van der Waals surface area contributed by atoms with E-state index in [2.05, 4.69) is 20.0 Å². The van der Waals surface area contributed by atoms with E-state index in [-0.39, 0.29) is 22.9 Å². The van der Waals surface area contributed by atoms with E-state index in [1.54, 1.807) is 20.2 Å². The number of nitrogens with zero attached hydrogens (tertiary/aromatic N) is 1. The highest BCUT2D eigenvalue weighted by Gasteiger charge is 2.20. The lowest BCUT2D eigenvalue weighted by Gasteiger charge is -2.20. The zero-order chi connectivity index (χ0) is 22.7. The van der Waals surface area contributed by atoms with Crippen LogP contribution >= 0.6 is 0 Å². The lowest BCUT2D eigenvalue weighted by atomic mass is 9.97. The first kappa shape index (κ1) is 21.7. The van der Waals surface area contributed by atoms with Crippen molar-refractivity contribution in [2.75, 3.05) is 0 Å². The van der Waals surface area contributed by atoms with E-state index in [0.29, 0.717) is 5.56 Å². The van der Waals surface area contributed by atoms with Gasteiger partial charge in [-0.2, -0.15) is 0 Å². The zero-order valence-corrected chi connectivity index (χ0v) is 18.6. The number of amides is 1. The third-order valence-electron chi connectivity index (χ3n) is 5.00. The summed E-state index contributed by atoms with van der Waals surface area (Å²) in [7, 11) is -3.62. The molecule has 4 aromatic rings. The fraction of sp³-hybridized carbons (Fsp3) is 0.167. The van der Waals surface area contributed by atoms with Crippen LogP contribution in [-0.2, 0) is 10.0 Å². The lowest BCUT2D eigenvalue weighted by Crippen LogP contribution is -2.31. The third-order valence-corrected chi connectivity index (χ3v) is 6.68. The van der Waals surface area contributed by atoms with Crippen LogP contribution in [0.4, 0.5) is 0 Å². The smallest absolute Gasteiger partial charge is 0.252 e. The van der Waals surface area contributed by atoms with Gasteiger partial charge in [-0.05, 0) is 61.4 Å². The molecule has 0 radical (unpaired) electrons. The molecule has 0 fully saturated rings. The van der Waals surface area contributed by atoms with E-state index in [4.69, 9.17) is 0 Å². The summed E-state index contributed by atoms with van der Waals surface area (Å²) in [4.78, 5) is 20.5. The summed E-state index contributed by atoms with van der Waals surface area (Å²) in [5.41, 5.74) is 3.93. The number of fused-ring (bicyclic) bond motifs is 1. The second-order valence-electron chi connectivity index (χ2n) is 7.80. The van der Waals surface area contributed by atoms with Crippen LogP contribution in [0.3, 0.4) is 0 Å². The molecule has 1 heterocycles. The van der Waals surface area contributed by atoms with Gasteiger partial charge in [-0.1, -0.05) is 36.4 Å². The number of rotatable bonds is 7. The predicted molar refractivity (Wildman–Crippen MR) is 124 cm³/mol. The van der Waals surface area contributed by atoms with Crippen LogP contribution in [0.25, 0.3) is 11.0 Å². The fourth-order valence-electron chi connectivity index (χ4n) is 3.52. The van der Waals surface area contributed by atoms with E-state index in [1.807, 2.05) is 48.5 Å². The van der Waals surface area contributed by atoms with Gasteiger partial charge in [0.15, 0.2) is 0 Å². The highest BCUT2D eigenvalue weighted by Crippen LogP contribution is 2.25. The molecule has 0 saturated heterocycles. The van der Waals surface area contributed by atoms with E-state index >= 15 is 0 Å². The molecule has 0 aliphatic heterocycles. The molecular weight excluding hydrogens is 424 g/mol. The quantitative estimate of drug-likeness (QED) is 0.400. The predicted octanol–water partition coefficient (Wildman–Crippen LogP) is 3.77. The Hall–Kier alpha value is -3.49. The standard InChI is InChI=1S/C24H24N4O3S/c1-16(2)28-32(30,31)20-11-8-18(9-12-20)24(29)27-23(17-6-4-3-5-7-17)19-10-13-21-22(14-19)26-15-25-21/h3-16,23,28H,1-2H3,(H,25,26)(H,27,29). The Morgan fingerprint density at radius 1 is 0.938 bits per heavy atom. The Morgan fingerprint density at radius 2 is 1.66 bits per heavy atom. The molecule has 4 rings (SSSR count). The summed E-state index contributed by atoms with van der Waals surface area (Å²) in [6, 6.07) is 20.8. The molecule has 1 aromatic heterocycles. The number of imidazole rings is 1. The normalized spacial score (nSPS) is 12.7. The number of H-pyrrole nitrogens is 1. The maximum Gasteiger partial charge on any atom is 0.252 e. The first-order valence-electron chi connectivity index (χ1n) is 10.2. The zero-order valence-electron chi connectivity index (χ0n) is 17.7. The van der Waals surface area contributed by atoms with Gasteiger partial charge in [0, 0.05) is 11.6 Å². The van der Waals surface area contributed by atoms with Gasteiger partial charge in [0.25, 0.3) is 5.91 Å². The van der Waals surface area contributed by atoms with Gasteiger partial charge in [-0.15, -0.1) is 0 Å². The molecule has 1 unspecified atom stereocenters. The van der Waals surface area contributed by atoms with Crippen LogP contribution in [-0.4, -0.2) is 30.3 Å². The summed E-state index contributed by atoms with van der Waals surface area (Å²) < 4.78 is 27.2. The third kappa shape index (κ3) is 4.71. The van der Waals surface area contributed by atoms with Gasteiger partial charge in [-0.25, -0.2) is 18.1 Å². The molecule has 8 heteroatoms. The Balaban J connectivity index is 1.62. The minimum Gasteiger partial charge on any atom is -0.345 e. The largest absolute Gasteiger partial charge is 0.345 e. The van der Waals surface area contributed by atoms with Gasteiger partial charge < -0.3 is 10.3 Å². The Labute approximate surface area is 187 Å². The summed E-state index contributed by atoms with van der Waals surface area (Å²) in [5.74, 6) is -0.302. The lowest BCUT2D eigenvalue weighted by molar-refractivity contribution is 0.0943. The Morgan fingerprint density at radius 3 is 2.34 bits per heavy atom. The van der Waals surface area contributed by atoms with Crippen LogP contribution in [0, 0.1) is 0 Å². The molecule has 32 heavy (non-hydrogen) atoms. The second-order valence-corrected chi connectivity index (χ2v) is 9.51.